The van der Waals surface area contributed by atoms with E-state index in [1.165, 1.54) is 6.08 Å². The topological polar surface area (TPSA) is 69.7 Å². The number of hydrogen-bond donors (Lipinski definition) is 0. The Morgan fingerprint density at radius 2 is 1.81 bits per heavy atom. The van der Waals surface area contributed by atoms with Crippen LogP contribution in [-0.2, 0) is 23.9 Å². The summed E-state index contributed by atoms with van der Waals surface area (Å²) >= 11 is 0. The number of unbranched alkanes of at least 4 members (excludes halogenated alkanes) is 4. The van der Waals surface area contributed by atoms with Gasteiger partial charge in [-0.25, -0.2) is 4.79 Å². The van der Waals surface area contributed by atoms with Gasteiger partial charge in [0.1, 0.15) is 12.0 Å². The third kappa shape index (κ3) is 4.67. The van der Waals surface area contributed by atoms with E-state index in [0.29, 0.717) is 12.2 Å². The normalized spacial score (nSPS) is 22.3. The molecule has 1 aliphatic carbocycles. The van der Waals surface area contributed by atoms with Crippen molar-refractivity contribution in [2.75, 3.05) is 0 Å². The number of halogens is 3. The number of esters is 1. The molecule has 1 unspecified atom stereocenters. The minimum absolute atomic E-state index is 0.0955. The second kappa shape index (κ2) is 8.10. The van der Waals surface area contributed by atoms with Gasteiger partial charge in [-0.15, -0.1) is 0 Å². The molecule has 1 aliphatic heterocycles. The third-order valence-electron chi connectivity index (χ3n) is 4.45. The molecule has 0 saturated heterocycles. The summed E-state index contributed by atoms with van der Waals surface area (Å²) < 4.78 is 47.0. The molecule has 5 nitrogen and oxygen atoms in total. The van der Waals surface area contributed by atoms with Crippen molar-refractivity contribution in [3.63, 3.8) is 0 Å². The number of Topliss-reactive ketones (excluding diaryl/α,β-unsaturated/α-hetero) is 1. The summed E-state index contributed by atoms with van der Waals surface area (Å²) in [5, 5.41) is 0. The van der Waals surface area contributed by atoms with Crippen LogP contribution in [0.2, 0.25) is 0 Å². The van der Waals surface area contributed by atoms with Crippen molar-refractivity contribution in [2.24, 2.45) is 0 Å². The third-order valence-corrected chi connectivity index (χ3v) is 4.45. The lowest BCUT2D eigenvalue weighted by Crippen LogP contribution is -2.52. The van der Waals surface area contributed by atoms with Gasteiger partial charge in [0.15, 0.2) is 0 Å². The van der Waals surface area contributed by atoms with Gasteiger partial charge in [-0.05, 0) is 31.1 Å². The maximum Gasteiger partial charge on any atom is 0.490 e. The first kappa shape index (κ1) is 20.9. The molecule has 0 N–H and O–H groups in total. The van der Waals surface area contributed by atoms with Crippen LogP contribution in [0, 0.1) is 0 Å². The number of carbonyl (C=O) groups excluding carboxylic acids is 3. The molecule has 0 aromatic carbocycles. The van der Waals surface area contributed by atoms with Crippen molar-refractivity contribution < 1.29 is 37.0 Å². The Morgan fingerprint density at radius 1 is 1.15 bits per heavy atom. The Morgan fingerprint density at radius 3 is 2.44 bits per heavy atom. The zero-order chi connectivity index (χ0) is 20.2. The quantitative estimate of drug-likeness (QED) is 0.375. The molecule has 2 rings (SSSR count). The smallest absolute Gasteiger partial charge is 0.469 e. The molecule has 0 amide bonds. The zero-order valence-electron chi connectivity index (χ0n) is 15.1. The summed E-state index contributed by atoms with van der Waals surface area (Å²) in [6, 6.07) is 0. The molecule has 8 heteroatoms. The number of alkyl halides is 3. The van der Waals surface area contributed by atoms with E-state index in [4.69, 9.17) is 4.74 Å². The van der Waals surface area contributed by atoms with Crippen LogP contribution in [0.5, 0.6) is 0 Å². The standard InChI is InChI=1S/C19H21F3O5/c1-3-4-5-6-7-8-13-9-12-10-15(23)18(2,16(24)14(12)11-26-13)27-17(25)19(20,21)22/h9-11H,3-8H2,1-2H3. The summed E-state index contributed by atoms with van der Waals surface area (Å²) in [4.78, 5) is 35.9. The first-order valence-corrected chi connectivity index (χ1v) is 8.78. The van der Waals surface area contributed by atoms with Crippen molar-refractivity contribution in [2.45, 2.75) is 64.1 Å². The fourth-order valence-corrected chi connectivity index (χ4v) is 2.81. The summed E-state index contributed by atoms with van der Waals surface area (Å²) in [5.74, 6) is -4.08. The molecular weight excluding hydrogens is 365 g/mol. The number of carbonyl (C=O) groups is 3. The molecule has 0 saturated carbocycles. The van der Waals surface area contributed by atoms with Crippen molar-refractivity contribution in [3.8, 4) is 0 Å². The molecule has 0 aromatic heterocycles. The van der Waals surface area contributed by atoms with Crippen LogP contribution in [0.1, 0.15) is 52.4 Å². The zero-order valence-corrected chi connectivity index (χ0v) is 15.1. The lowest BCUT2D eigenvalue weighted by atomic mass is 9.80. The Balaban J connectivity index is 2.13. The van der Waals surface area contributed by atoms with Crippen molar-refractivity contribution in [1.29, 1.82) is 0 Å². The van der Waals surface area contributed by atoms with Crippen LogP contribution < -0.4 is 0 Å². The molecule has 0 bridgehead atoms. The van der Waals surface area contributed by atoms with Gasteiger partial charge in [-0.3, -0.25) is 9.59 Å². The second-order valence-electron chi connectivity index (χ2n) is 6.64. The summed E-state index contributed by atoms with van der Waals surface area (Å²) in [7, 11) is 0. The molecule has 1 heterocycles. The Hall–Kier alpha value is -2.38. The summed E-state index contributed by atoms with van der Waals surface area (Å²) in [5.41, 5.74) is -2.40. The minimum atomic E-state index is -5.31. The van der Waals surface area contributed by atoms with Gasteiger partial charge in [-0.2, -0.15) is 13.2 Å². The average molecular weight is 386 g/mol. The number of ketones is 2. The van der Waals surface area contributed by atoms with E-state index in [9.17, 15) is 27.6 Å². The second-order valence-corrected chi connectivity index (χ2v) is 6.64. The van der Waals surface area contributed by atoms with E-state index in [0.717, 1.165) is 51.4 Å². The first-order chi connectivity index (χ1) is 12.6. The van der Waals surface area contributed by atoms with Gasteiger partial charge >= 0.3 is 12.1 Å². The van der Waals surface area contributed by atoms with E-state index >= 15 is 0 Å². The SMILES string of the molecule is CCCCCCCC1=CC2=CC(=O)C(C)(OC(=O)C(F)(F)F)C(=O)C2=CO1. The molecule has 148 valence electrons. The fraction of sp³-hybridized carbons (Fsp3) is 0.526. The van der Waals surface area contributed by atoms with Gasteiger partial charge in [0.05, 0.1) is 5.57 Å². The number of hydrogen-bond acceptors (Lipinski definition) is 5. The van der Waals surface area contributed by atoms with Crippen LogP contribution in [0.4, 0.5) is 13.2 Å². The average Bonchev–Trinajstić information content (AvgIpc) is 2.59. The van der Waals surface area contributed by atoms with Crippen LogP contribution in [0.3, 0.4) is 0 Å². The van der Waals surface area contributed by atoms with Crippen molar-refractivity contribution in [3.05, 3.63) is 35.3 Å². The van der Waals surface area contributed by atoms with E-state index in [1.807, 2.05) is 0 Å². The molecular formula is C19H21F3O5. The highest BCUT2D eigenvalue weighted by Crippen LogP contribution is 2.35. The predicted octanol–water partition coefficient (Wildman–Crippen LogP) is 4.09. The van der Waals surface area contributed by atoms with Gasteiger partial charge < -0.3 is 9.47 Å². The maximum atomic E-state index is 12.5. The van der Waals surface area contributed by atoms with Crippen LogP contribution >= 0.6 is 0 Å². The molecule has 0 spiro atoms. The van der Waals surface area contributed by atoms with Gasteiger partial charge in [-0.1, -0.05) is 32.6 Å². The van der Waals surface area contributed by atoms with Gasteiger partial charge in [0, 0.05) is 6.42 Å². The highest BCUT2D eigenvalue weighted by molar-refractivity contribution is 6.26. The Bertz CT molecular complexity index is 730. The maximum absolute atomic E-state index is 12.5. The highest BCUT2D eigenvalue weighted by Gasteiger charge is 2.53. The molecule has 0 radical (unpaired) electrons. The molecule has 0 aromatic rings. The lowest BCUT2D eigenvalue weighted by Gasteiger charge is -2.31. The van der Waals surface area contributed by atoms with E-state index in [1.54, 1.807) is 0 Å². The first-order valence-electron chi connectivity index (χ1n) is 8.78. The minimum Gasteiger partial charge on any atom is -0.469 e. The monoisotopic (exact) mass is 386 g/mol. The largest absolute Gasteiger partial charge is 0.490 e. The number of ether oxygens (including phenoxy) is 2. The Labute approximate surface area is 154 Å². The Kier molecular flexibility index (Phi) is 6.28. The van der Waals surface area contributed by atoms with E-state index in [-0.39, 0.29) is 11.1 Å². The lowest BCUT2D eigenvalue weighted by molar-refractivity contribution is -0.211. The predicted molar refractivity (Wildman–Crippen MR) is 89.3 cm³/mol. The number of fused-ring (bicyclic) bond motifs is 1. The summed E-state index contributed by atoms with van der Waals surface area (Å²) in [6.45, 7) is 2.96. The molecule has 2 aliphatic rings. The fourth-order valence-electron chi connectivity index (χ4n) is 2.81. The molecule has 0 fully saturated rings. The van der Waals surface area contributed by atoms with Crippen molar-refractivity contribution in [1.82, 2.24) is 0 Å². The van der Waals surface area contributed by atoms with Gasteiger partial charge in [0.25, 0.3) is 0 Å². The van der Waals surface area contributed by atoms with Crippen molar-refractivity contribution >= 4 is 17.5 Å². The summed E-state index contributed by atoms with van der Waals surface area (Å²) in [6.07, 6.45) is 4.22. The van der Waals surface area contributed by atoms with Crippen LogP contribution in [0.15, 0.2) is 35.3 Å². The molecule has 27 heavy (non-hydrogen) atoms. The van der Waals surface area contributed by atoms with Gasteiger partial charge in [0.2, 0.25) is 17.2 Å². The number of rotatable bonds is 7. The van der Waals surface area contributed by atoms with E-state index < -0.39 is 29.3 Å². The molecule has 1 atom stereocenters. The number of allylic oxidation sites excluding steroid dienone is 3. The van der Waals surface area contributed by atoms with E-state index in [2.05, 4.69) is 11.7 Å². The highest BCUT2D eigenvalue weighted by atomic mass is 19.4. The van der Waals surface area contributed by atoms with Crippen LogP contribution in [0.25, 0.3) is 0 Å². The van der Waals surface area contributed by atoms with Crippen LogP contribution in [-0.4, -0.2) is 29.3 Å².